The number of rotatable bonds is 5. The van der Waals surface area contributed by atoms with Crippen molar-refractivity contribution in [3.63, 3.8) is 0 Å². The second kappa shape index (κ2) is 5.67. The molecule has 1 aromatic heterocycles. The highest BCUT2D eigenvalue weighted by molar-refractivity contribution is 5.83. The van der Waals surface area contributed by atoms with Crippen LogP contribution in [-0.4, -0.2) is 23.2 Å². The van der Waals surface area contributed by atoms with Gasteiger partial charge in [-0.25, -0.2) is 0 Å². The zero-order valence-corrected chi connectivity index (χ0v) is 10.7. The molecule has 3 N–H and O–H groups in total. The molecule has 5 heteroatoms. The quantitative estimate of drug-likeness (QED) is 0.860. The number of pyridine rings is 1. The molecule has 2 aromatic rings. The maximum Gasteiger partial charge on any atom is 0.303 e. The summed E-state index contributed by atoms with van der Waals surface area (Å²) in [6, 6.07) is 7.11. The average molecular weight is 260 g/mol. The van der Waals surface area contributed by atoms with Crippen molar-refractivity contribution in [2.24, 2.45) is 5.73 Å². The van der Waals surface area contributed by atoms with E-state index in [0.29, 0.717) is 6.42 Å². The van der Waals surface area contributed by atoms with Crippen LogP contribution in [0.1, 0.15) is 24.4 Å². The van der Waals surface area contributed by atoms with Crippen LogP contribution in [0.3, 0.4) is 0 Å². The van der Waals surface area contributed by atoms with Gasteiger partial charge in [0.15, 0.2) is 0 Å². The van der Waals surface area contributed by atoms with E-state index in [0.717, 1.165) is 22.2 Å². The Morgan fingerprint density at radius 3 is 2.95 bits per heavy atom. The summed E-state index contributed by atoms with van der Waals surface area (Å²) in [6.45, 7) is 0. The Balaban J connectivity index is 2.35. The number of hydrogen-bond donors (Lipinski definition) is 2. The van der Waals surface area contributed by atoms with Crippen LogP contribution in [0.4, 0.5) is 0 Å². The predicted octanol–water partition coefficient (Wildman–Crippen LogP) is 2.11. The molecule has 0 bridgehead atoms. The third-order valence-corrected chi connectivity index (χ3v) is 3.05. The molecule has 0 amide bonds. The SMILES string of the molecule is COc1ccc2c(C(N)CCC(=O)O)ccnc2c1. The predicted molar refractivity (Wildman–Crippen MR) is 72.1 cm³/mol. The van der Waals surface area contributed by atoms with Gasteiger partial charge in [0.05, 0.1) is 12.6 Å². The fourth-order valence-electron chi connectivity index (χ4n) is 2.03. The lowest BCUT2D eigenvalue weighted by molar-refractivity contribution is -0.137. The van der Waals surface area contributed by atoms with Crippen LogP contribution in [0.15, 0.2) is 30.5 Å². The van der Waals surface area contributed by atoms with E-state index in [9.17, 15) is 4.79 Å². The summed E-state index contributed by atoms with van der Waals surface area (Å²) in [4.78, 5) is 14.9. The van der Waals surface area contributed by atoms with Crippen LogP contribution in [0.2, 0.25) is 0 Å². The number of nitrogens with zero attached hydrogens (tertiary/aromatic N) is 1. The molecule has 0 aliphatic rings. The highest BCUT2D eigenvalue weighted by Crippen LogP contribution is 2.26. The van der Waals surface area contributed by atoms with Gasteiger partial charge >= 0.3 is 5.97 Å². The molecule has 0 aliphatic carbocycles. The lowest BCUT2D eigenvalue weighted by Gasteiger charge is -2.13. The summed E-state index contributed by atoms with van der Waals surface area (Å²) in [5.74, 6) is -0.105. The Labute approximate surface area is 111 Å². The molecule has 0 saturated heterocycles. The van der Waals surface area contributed by atoms with Crippen LogP contribution in [-0.2, 0) is 4.79 Å². The van der Waals surface area contributed by atoms with Crippen LogP contribution in [0.25, 0.3) is 10.9 Å². The molecular weight excluding hydrogens is 244 g/mol. The van der Waals surface area contributed by atoms with Gasteiger partial charge in [-0.15, -0.1) is 0 Å². The summed E-state index contributed by atoms with van der Waals surface area (Å²) in [5.41, 5.74) is 7.76. The molecule has 0 spiro atoms. The molecule has 19 heavy (non-hydrogen) atoms. The molecule has 0 fully saturated rings. The Morgan fingerprint density at radius 2 is 2.26 bits per heavy atom. The summed E-state index contributed by atoms with van der Waals surface area (Å²) in [6.07, 6.45) is 2.14. The molecule has 0 saturated carbocycles. The lowest BCUT2D eigenvalue weighted by Crippen LogP contribution is -2.12. The van der Waals surface area contributed by atoms with Gasteiger partial charge < -0.3 is 15.6 Å². The normalized spacial score (nSPS) is 12.3. The molecule has 1 heterocycles. The van der Waals surface area contributed by atoms with Crippen molar-refractivity contribution in [1.82, 2.24) is 4.98 Å². The first-order valence-electron chi connectivity index (χ1n) is 6.02. The van der Waals surface area contributed by atoms with Gasteiger partial charge in [0.25, 0.3) is 0 Å². The van der Waals surface area contributed by atoms with Crippen molar-refractivity contribution < 1.29 is 14.6 Å². The van der Waals surface area contributed by atoms with Gasteiger partial charge in [-0.1, -0.05) is 0 Å². The molecular formula is C14H16N2O3. The molecule has 2 rings (SSSR count). The molecule has 5 nitrogen and oxygen atoms in total. The second-order valence-electron chi connectivity index (χ2n) is 4.32. The Hall–Kier alpha value is -2.14. The molecule has 1 aromatic carbocycles. The van der Waals surface area contributed by atoms with Gasteiger partial charge in [-0.2, -0.15) is 0 Å². The van der Waals surface area contributed by atoms with Crippen molar-refractivity contribution in [2.75, 3.05) is 7.11 Å². The fourth-order valence-corrected chi connectivity index (χ4v) is 2.03. The first-order valence-corrected chi connectivity index (χ1v) is 6.02. The zero-order valence-electron chi connectivity index (χ0n) is 10.7. The Bertz CT molecular complexity index is 598. The van der Waals surface area contributed by atoms with E-state index in [4.69, 9.17) is 15.6 Å². The number of fused-ring (bicyclic) bond motifs is 1. The summed E-state index contributed by atoms with van der Waals surface area (Å²) < 4.78 is 5.15. The third-order valence-electron chi connectivity index (χ3n) is 3.05. The highest BCUT2D eigenvalue weighted by atomic mass is 16.5. The summed E-state index contributed by atoms with van der Waals surface area (Å²) >= 11 is 0. The number of benzene rings is 1. The summed E-state index contributed by atoms with van der Waals surface area (Å²) in [5, 5.41) is 9.64. The fraction of sp³-hybridized carbons (Fsp3) is 0.286. The minimum Gasteiger partial charge on any atom is -0.497 e. The van der Waals surface area contributed by atoms with E-state index in [1.807, 2.05) is 24.3 Å². The van der Waals surface area contributed by atoms with Crippen molar-refractivity contribution in [1.29, 1.82) is 0 Å². The standard InChI is InChI=1S/C14H16N2O3/c1-19-9-2-3-11-10(6-7-16-13(11)8-9)12(15)4-5-14(17)18/h2-3,6-8,12H,4-5,15H2,1H3,(H,17,18). The smallest absolute Gasteiger partial charge is 0.303 e. The van der Waals surface area contributed by atoms with Crippen molar-refractivity contribution in [2.45, 2.75) is 18.9 Å². The van der Waals surface area contributed by atoms with Crippen LogP contribution in [0.5, 0.6) is 5.75 Å². The Kier molecular flexibility index (Phi) is 3.97. The second-order valence-corrected chi connectivity index (χ2v) is 4.32. The number of carboxylic acids is 1. The monoisotopic (exact) mass is 260 g/mol. The first-order chi connectivity index (χ1) is 9.11. The van der Waals surface area contributed by atoms with Crippen molar-refractivity contribution in [3.05, 3.63) is 36.0 Å². The number of ether oxygens (including phenoxy) is 1. The van der Waals surface area contributed by atoms with E-state index in [2.05, 4.69) is 4.98 Å². The van der Waals surface area contributed by atoms with Gasteiger partial charge in [0.2, 0.25) is 0 Å². The molecule has 0 aliphatic heterocycles. The zero-order chi connectivity index (χ0) is 13.8. The van der Waals surface area contributed by atoms with Crippen LogP contribution >= 0.6 is 0 Å². The first kappa shape index (κ1) is 13.3. The van der Waals surface area contributed by atoms with Gasteiger partial charge in [0, 0.05) is 30.1 Å². The number of nitrogens with two attached hydrogens (primary N) is 1. The van der Waals surface area contributed by atoms with E-state index < -0.39 is 5.97 Å². The summed E-state index contributed by atoms with van der Waals surface area (Å²) in [7, 11) is 1.60. The molecule has 100 valence electrons. The average Bonchev–Trinajstić information content (AvgIpc) is 2.43. The highest BCUT2D eigenvalue weighted by Gasteiger charge is 2.12. The van der Waals surface area contributed by atoms with Crippen molar-refractivity contribution in [3.8, 4) is 5.75 Å². The number of carbonyl (C=O) groups is 1. The van der Waals surface area contributed by atoms with E-state index in [1.54, 1.807) is 13.3 Å². The Morgan fingerprint density at radius 1 is 1.47 bits per heavy atom. The molecule has 1 atom stereocenters. The largest absolute Gasteiger partial charge is 0.497 e. The molecule has 0 radical (unpaired) electrons. The lowest BCUT2D eigenvalue weighted by atomic mass is 9.99. The minimum absolute atomic E-state index is 0.0567. The number of carboxylic acid groups (broad SMARTS) is 1. The van der Waals surface area contributed by atoms with Gasteiger partial charge in [-0.05, 0) is 30.2 Å². The minimum atomic E-state index is -0.838. The number of aromatic nitrogens is 1. The van der Waals surface area contributed by atoms with E-state index in [-0.39, 0.29) is 12.5 Å². The van der Waals surface area contributed by atoms with Crippen LogP contribution in [0, 0.1) is 0 Å². The number of methoxy groups -OCH3 is 1. The third kappa shape index (κ3) is 3.00. The van der Waals surface area contributed by atoms with Gasteiger partial charge in [0.1, 0.15) is 5.75 Å². The maximum atomic E-state index is 10.6. The number of aliphatic carboxylic acids is 1. The van der Waals surface area contributed by atoms with Gasteiger partial charge in [-0.3, -0.25) is 9.78 Å². The maximum absolute atomic E-state index is 10.6. The molecule has 1 unspecified atom stereocenters. The topological polar surface area (TPSA) is 85.4 Å². The number of hydrogen-bond acceptors (Lipinski definition) is 4. The van der Waals surface area contributed by atoms with E-state index >= 15 is 0 Å². The van der Waals surface area contributed by atoms with Crippen LogP contribution < -0.4 is 10.5 Å². The van der Waals surface area contributed by atoms with Crippen molar-refractivity contribution >= 4 is 16.9 Å². The van der Waals surface area contributed by atoms with E-state index in [1.165, 1.54) is 0 Å².